The summed E-state index contributed by atoms with van der Waals surface area (Å²) in [6.07, 6.45) is 4.56. The van der Waals surface area contributed by atoms with E-state index in [0.29, 0.717) is 17.9 Å². The lowest BCUT2D eigenvalue weighted by atomic mass is 10.2. The fourth-order valence-corrected chi connectivity index (χ4v) is 3.04. The van der Waals surface area contributed by atoms with Gasteiger partial charge in [0.2, 0.25) is 5.91 Å². The molecule has 3 rings (SSSR count). The highest BCUT2D eigenvalue weighted by Crippen LogP contribution is 2.22. The Morgan fingerprint density at radius 3 is 2.44 bits per heavy atom. The number of benzene rings is 3. The van der Waals surface area contributed by atoms with Crippen molar-refractivity contribution < 1.29 is 14.3 Å². The van der Waals surface area contributed by atoms with Gasteiger partial charge < -0.3 is 10.1 Å². The molecule has 0 aliphatic heterocycles. The first-order valence-electron chi connectivity index (χ1n) is 9.89. The molecule has 0 saturated heterocycles. The molecule has 7 heteroatoms. The molecule has 0 aliphatic carbocycles. The monoisotopic (exact) mass is 491 g/mol. The van der Waals surface area contributed by atoms with E-state index in [1.165, 1.54) is 12.3 Å². The lowest BCUT2D eigenvalue weighted by molar-refractivity contribution is -0.123. The molecule has 0 radical (unpaired) electrons. The molecular weight excluding hydrogens is 470 g/mol. The van der Waals surface area contributed by atoms with Crippen LogP contribution in [0.2, 0.25) is 0 Å². The minimum atomic E-state index is -0.440. The number of amides is 2. The van der Waals surface area contributed by atoms with E-state index in [9.17, 15) is 9.59 Å². The standard InChI is InChI=1S/C25H22BrN3O3/c26-22-12-13-23(32-18-20-9-5-2-6-10-20)21(15-22)16-28-29-25(31)17-27-24(30)14-11-19-7-3-1-4-8-19/h1-16H,17-18H2,(H,27,30)(H,29,31). The molecule has 0 aliphatic rings. The molecular formula is C25H22BrN3O3. The number of hydrogen-bond donors (Lipinski definition) is 2. The maximum Gasteiger partial charge on any atom is 0.259 e. The smallest absolute Gasteiger partial charge is 0.259 e. The Balaban J connectivity index is 1.49. The summed E-state index contributed by atoms with van der Waals surface area (Å²) >= 11 is 3.43. The molecule has 0 saturated carbocycles. The van der Waals surface area contributed by atoms with Crippen LogP contribution in [-0.4, -0.2) is 24.6 Å². The highest BCUT2D eigenvalue weighted by molar-refractivity contribution is 9.10. The average Bonchev–Trinajstić information content (AvgIpc) is 2.82. The second-order valence-corrected chi connectivity index (χ2v) is 7.63. The van der Waals surface area contributed by atoms with Crippen molar-refractivity contribution in [2.24, 2.45) is 5.10 Å². The number of nitrogens with one attached hydrogen (secondary N) is 2. The quantitative estimate of drug-likeness (QED) is 0.266. The summed E-state index contributed by atoms with van der Waals surface area (Å²) in [4.78, 5) is 23.8. The first kappa shape index (κ1) is 23.0. The minimum Gasteiger partial charge on any atom is -0.488 e. The zero-order valence-corrected chi connectivity index (χ0v) is 18.8. The van der Waals surface area contributed by atoms with Crippen molar-refractivity contribution in [2.75, 3.05) is 6.54 Å². The van der Waals surface area contributed by atoms with Gasteiger partial charge in [-0.3, -0.25) is 9.59 Å². The van der Waals surface area contributed by atoms with Crippen LogP contribution in [0.15, 0.2) is 94.5 Å². The van der Waals surface area contributed by atoms with Crippen molar-refractivity contribution in [3.8, 4) is 5.75 Å². The Kier molecular flexibility index (Phi) is 8.77. The zero-order valence-electron chi connectivity index (χ0n) is 17.2. The molecule has 2 N–H and O–H groups in total. The summed E-state index contributed by atoms with van der Waals surface area (Å²) in [5.74, 6) is -0.171. The largest absolute Gasteiger partial charge is 0.488 e. The van der Waals surface area contributed by atoms with E-state index in [1.807, 2.05) is 78.9 Å². The second-order valence-electron chi connectivity index (χ2n) is 6.71. The Morgan fingerprint density at radius 2 is 1.69 bits per heavy atom. The number of carbonyl (C=O) groups is 2. The van der Waals surface area contributed by atoms with Crippen molar-refractivity contribution in [3.05, 3.63) is 106 Å². The molecule has 162 valence electrons. The summed E-state index contributed by atoms with van der Waals surface area (Å²) in [7, 11) is 0. The van der Waals surface area contributed by atoms with Gasteiger partial charge in [0.25, 0.3) is 5.91 Å². The van der Waals surface area contributed by atoms with Gasteiger partial charge in [0.05, 0.1) is 12.8 Å². The van der Waals surface area contributed by atoms with Gasteiger partial charge >= 0.3 is 0 Å². The van der Waals surface area contributed by atoms with Crippen molar-refractivity contribution in [1.29, 1.82) is 0 Å². The summed E-state index contributed by atoms with van der Waals surface area (Å²) in [6, 6.07) is 24.8. The molecule has 0 atom stereocenters. The first-order valence-corrected chi connectivity index (χ1v) is 10.7. The van der Waals surface area contributed by atoms with Crippen LogP contribution >= 0.6 is 15.9 Å². The minimum absolute atomic E-state index is 0.189. The molecule has 0 aromatic heterocycles. The number of rotatable bonds is 9. The highest BCUT2D eigenvalue weighted by atomic mass is 79.9. The van der Waals surface area contributed by atoms with Gasteiger partial charge in [-0.1, -0.05) is 76.6 Å². The number of carbonyl (C=O) groups excluding carboxylic acids is 2. The molecule has 32 heavy (non-hydrogen) atoms. The third-order valence-corrected chi connectivity index (χ3v) is 4.75. The van der Waals surface area contributed by atoms with Crippen LogP contribution < -0.4 is 15.5 Å². The topological polar surface area (TPSA) is 79.8 Å². The number of hydrogen-bond acceptors (Lipinski definition) is 4. The predicted molar refractivity (Wildman–Crippen MR) is 129 cm³/mol. The molecule has 3 aromatic rings. The highest BCUT2D eigenvalue weighted by Gasteiger charge is 2.05. The summed E-state index contributed by atoms with van der Waals surface area (Å²) in [5, 5.41) is 6.49. The van der Waals surface area contributed by atoms with Crippen LogP contribution in [0.3, 0.4) is 0 Å². The fraction of sp³-hybridized carbons (Fsp3) is 0.0800. The van der Waals surface area contributed by atoms with Crippen LogP contribution in [-0.2, 0) is 16.2 Å². The van der Waals surface area contributed by atoms with Crippen molar-refractivity contribution in [3.63, 3.8) is 0 Å². The Bertz CT molecular complexity index is 1100. The molecule has 0 bridgehead atoms. The van der Waals surface area contributed by atoms with Gasteiger partial charge in [-0.2, -0.15) is 5.10 Å². The van der Waals surface area contributed by atoms with Gasteiger partial charge in [0.1, 0.15) is 12.4 Å². The maximum atomic E-state index is 12.0. The molecule has 0 fully saturated rings. The first-order chi connectivity index (χ1) is 15.6. The average molecular weight is 492 g/mol. The van der Waals surface area contributed by atoms with E-state index in [4.69, 9.17) is 4.74 Å². The van der Waals surface area contributed by atoms with Gasteiger partial charge in [0, 0.05) is 16.1 Å². The Morgan fingerprint density at radius 1 is 0.969 bits per heavy atom. The van der Waals surface area contributed by atoms with Crippen molar-refractivity contribution in [2.45, 2.75) is 6.61 Å². The van der Waals surface area contributed by atoms with Gasteiger partial charge in [-0.15, -0.1) is 0 Å². The van der Waals surface area contributed by atoms with Crippen LogP contribution in [0.4, 0.5) is 0 Å². The fourth-order valence-electron chi connectivity index (χ4n) is 2.66. The summed E-state index contributed by atoms with van der Waals surface area (Å²) in [5.41, 5.74) is 5.05. The molecule has 3 aromatic carbocycles. The lowest BCUT2D eigenvalue weighted by Crippen LogP contribution is -2.34. The number of ether oxygens (including phenoxy) is 1. The van der Waals surface area contributed by atoms with Crippen LogP contribution in [0, 0.1) is 0 Å². The number of nitrogens with zero attached hydrogens (tertiary/aromatic N) is 1. The van der Waals surface area contributed by atoms with Crippen LogP contribution in [0.5, 0.6) is 5.75 Å². The molecule has 0 spiro atoms. The van der Waals surface area contributed by atoms with E-state index in [-0.39, 0.29) is 12.5 Å². The number of halogens is 1. The Hall–Kier alpha value is -3.71. The van der Waals surface area contributed by atoms with Gasteiger partial charge in [0.15, 0.2) is 0 Å². The van der Waals surface area contributed by atoms with Crippen molar-refractivity contribution >= 4 is 40.0 Å². The Labute approximate surface area is 195 Å². The van der Waals surface area contributed by atoms with Gasteiger partial charge in [-0.05, 0) is 35.4 Å². The van der Waals surface area contributed by atoms with E-state index in [0.717, 1.165) is 15.6 Å². The van der Waals surface area contributed by atoms with E-state index in [1.54, 1.807) is 6.08 Å². The molecule has 6 nitrogen and oxygen atoms in total. The molecule has 0 heterocycles. The van der Waals surface area contributed by atoms with Gasteiger partial charge in [-0.25, -0.2) is 5.43 Å². The normalized spacial score (nSPS) is 10.9. The second kappa shape index (κ2) is 12.2. The van der Waals surface area contributed by atoms with E-state index >= 15 is 0 Å². The maximum absolute atomic E-state index is 12.0. The van der Waals surface area contributed by atoms with Crippen LogP contribution in [0.1, 0.15) is 16.7 Å². The molecule has 2 amide bonds. The lowest BCUT2D eigenvalue weighted by Gasteiger charge is -2.09. The summed E-state index contributed by atoms with van der Waals surface area (Å²) < 4.78 is 6.74. The van der Waals surface area contributed by atoms with E-state index in [2.05, 4.69) is 31.8 Å². The van der Waals surface area contributed by atoms with E-state index < -0.39 is 5.91 Å². The van der Waals surface area contributed by atoms with Crippen LogP contribution in [0.25, 0.3) is 6.08 Å². The zero-order chi connectivity index (χ0) is 22.6. The van der Waals surface area contributed by atoms with Crippen molar-refractivity contribution in [1.82, 2.24) is 10.7 Å². The summed E-state index contributed by atoms with van der Waals surface area (Å²) in [6.45, 7) is 0.226. The third kappa shape index (κ3) is 7.85. The third-order valence-electron chi connectivity index (χ3n) is 4.25. The number of hydrazone groups is 1. The molecule has 0 unspecified atom stereocenters. The predicted octanol–water partition coefficient (Wildman–Crippen LogP) is 4.31. The SMILES string of the molecule is O=C(C=Cc1ccccc1)NCC(=O)NN=Cc1cc(Br)ccc1OCc1ccccc1.